The molecule has 1 N–H and O–H groups in total. The van der Waals surface area contributed by atoms with Gasteiger partial charge in [0, 0.05) is 18.7 Å². The molecule has 21 heavy (non-hydrogen) atoms. The standard InChI is InChI=1S/C15H20N4O2/c1-4-11-15-18-17-14(19(15)8-7-16-11)10-5-6-12(20-2)13(9-10)21-3/h5-6,9,11,16H,4,7-8H2,1-3H3. The Hall–Kier alpha value is -2.08. The summed E-state index contributed by atoms with van der Waals surface area (Å²) >= 11 is 0. The monoisotopic (exact) mass is 288 g/mol. The van der Waals surface area contributed by atoms with Crippen LogP contribution in [0.1, 0.15) is 25.2 Å². The van der Waals surface area contributed by atoms with Crippen LogP contribution in [0.5, 0.6) is 11.5 Å². The molecule has 0 fully saturated rings. The summed E-state index contributed by atoms with van der Waals surface area (Å²) in [6.07, 6.45) is 1.00. The Bertz CT molecular complexity index is 639. The van der Waals surface area contributed by atoms with Crippen LogP contribution in [-0.4, -0.2) is 35.5 Å². The third kappa shape index (κ3) is 2.35. The van der Waals surface area contributed by atoms with E-state index in [4.69, 9.17) is 9.47 Å². The van der Waals surface area contributed by atoms with Crippen LogP contribution in [0.4, 0.5) is 0 Å². The molecule has 1 atom stereocenters. The highest BCUT2D eigenvalue weighted by Gasteiger charge is 2.24. The summed E-state index contributed by atoms with van der Waals surface area (Å²) in [6.45, 7) is 3.96. The first-order valence-electron chi connectivity index (χ1n) is 7.17. The van der Waals surface area contributed by atoms with Gasteiger partial charge in [0.1, 0.15) is 0 Å². The van der Waals surface area contributed by atoms with Crippen LogP contribution in [0.25, 0.3) is 11.4 Å². The van der Waals surface area contributed by atoms with E-state index in [0.29, 0.717) is 11.5 Å². The van der Waals surface area contributed by atoms with Crippen molar-refractivity contribution in [2.75, 3.05) is 20.8 Å². The minimum absolute atomic E-state index is 0.278. The van der Waals surface area contributed by atoms with Crippen LogP contribution in [0.3, 0.4) is 0 Å². The molecule has 6 heteroatoms. The fourth-order valence-corrected chi connectivity index (χ4v) is 2.75. The number of nitrogens with one attached hydrogen (secondary N) is 1. The summed E-state index contributed by atoms with van der Waals surface area (Å²) in [5.41, 5.74) is 0.989. The van der Waals surface area contributed by atoms with E-state index in [-0.39, 0.29) is 6.04 Å². The van der Waals surface area contributed by atoms with Crippen molar-refractivity contribution in [1.29, 1.82) is 0 Å². The molecule has 112 valence electrons. The van der Waals surface area contributed by atoms with Crippen LogP contribution >= 0.6 is 0 Å². The quantitative estimate of drug-likeness (QED) is 0.932. The number of rotatable bonds is 4. The molecular formula is C15H20N4O2. The number of aromatic nitrogens is 3. The number of ether oxygens (including phenoxy) is 2. The molecule has 0 saturated carbocycles. The lowest BCUT2D eigenvalue weighted by Gasteiger charge is -2.24. The summed E-state index contributed by atoms with van der Waals surface area (Å²) in [5.74, 6) is 3.31. The number of methoxy groups -OCH3 is 2. The highest BCUT2D eigenvalue weighted by molar-refractivity contribution is 5.61. The molecule has 0 amide bonds. The normalized spacial score (nSPS) is 17.4. The first-order valence-corrected chi connectivity index (χ1v) is 7.17. The van der Waals surface area contributed by atoms with Gasteiger partial charge in [-0.15, -0.1) is 10.2 Å². The molecule has 1 aliphatic rings. The predicted octanol–water partition coefficient (Wildman–Crippen LogP) is 2.02. The van der Waals surface area contributed by atoms with E-state index < -0.39 is 0 Å². The van der Waals surface area contributed by atoms with Gasteiger partial charge in [0.05, 0.1) is 20.3 Å². The van der Waals surface area contributed by atoms with Gasteiger partial charge in [0.15, 0.2) is 23.1 Å². The minimum Gasteiger partial charge on any atom is -0.493 e. The lowest BCUT2D eigenvalue weighted by molar-refractivity contribution is 0.355. The zero-order valence-corrected chi connectivity index (χ0v) is 12.6. The maximum atomic E-state index is 5.37. The molecule has 0 radical (unpaired) electrons. The lowest BCUT2D eigenvalue weighted by Crippen LogP contribution is -2.33. The Balaban J connectivity index is 2.04. The Morgan fingerprint density at radius 3 is 2.76 bits per heavy atom. The maximum absolute atomic E-state index is 5.37. The lowest BCUT2D eigenvalue weighted by atomic mass is 10.1. The third-order valence-electron chi connectivity index (χ3n) is 3.87. The molecule has 0 saturated heterocycles. The van der Waals surface area contributed by atoms with Gasteiger partial charge in [-0.1, -0.05) is 6.92 Å². The van der Waals surface area contributed by atoms with Crippen molar-refractivity contribution in [3.63, 3.8) is 0 Å². The number of hydrogen-bond acceptors (Lipinski definition) is 5. The van der Waals surface area contributed by atoms with Gasteiger partial charge in [-0.2, -0.15) is 0 Å². The molecule has 2 aromatic rings. The van der Waals surface area contributed by atoms with Gasteiger partial charge in [-0.3, -0.25) is 0 Å². The van der Waals surface area contributed by atoms with Crippen LogP contribution in [0.2, 0.25) is 0 Å². The third-order valence-corrected chi connectivity index (χ3v) is 3.87. The number of benzene rings is 1. The molecule has 3 rings (SSSR count). The molecule has 2 heterocycles. The second-order valence-corrected chi connectivity index (χ2v) is 5.02. The van der Waals surface area contributed by atoms with E-state index >= 15 is 0 Å². The average molecular weight is 288 g/mol. The summed E-state index contributed by atoms with van der Waals surface area (Å²) < 4.78 is 12.8. The maximum Gasteiger partial charge on any atom is 0.164 e. The number of nitrogens with zero attached hydrogens (tertiary/aromatic N) is 3. The van der Waals surface area contributed by atoms with Gasteiger partial charge < -0.3 is 19.4 Å². The first kappa shape index (κ1) is 13.9. The second kappa shape index (κ2) is 5.73. The van der Waals surface area contributed by atoms with E-state index in [0.717, 1.165) is 36.7 Å². The van der Waals surface area contributed by atoms with Crippen molar-refractivity contribution in [2.24, 2.45) is 0 Å². The topological polar surface area (TPSA) is 61.2 Å². The SMILES string of the molecule is CCC1NCCn2c(-c3ccc(OC)c(OC)c3)nnc21. The number of hydrogen-bond donors (Lipinski definition) is 1. The fraction of sp³-hybridized carbons (Fsp3) is 0.467. The summed E-state index contributed by atoms with van der Waals surface area (Å²) in [5, 5.41) is 12.2. The zero-order valence-electron chi connectivity index (χ0n) is 12.6. The van der Waals surface area contributed by atoms with E-state index in [1.54, 1.807) is 14.2 Å². The van der Waals surface area contributed by atoms with Crippen LogP contribution in [0.15, 0.2) is 18.2 Å². The van der Waals surface area contributed by atoms with Crippen LogP contribution in [0, 0.1) is 0 Å². The van der Waals surface area contributed by atoms with E-state index in [9.17, 15) is 0 Å². The van der Waals surface area contributed by atoms with Gasteiger partial charge in [-0.25, -0.2) is 0 Å². The highest BCUT2D eigenvalue weighted by Crippen LogP contribution is 2.33. The smallest absolute Gasteiger partial charge is 0.164 e. The van der Waals surface area contributed by atoms with Crippen LogP contribution < -0.4 is 14.8 Å². The number of fused-ring (bicyclic) bond motifs is 1. The molecule has 1 aliphatic heterocycles. The molecule has 0 spiro atoms. The van der Waals surface area contributed by atoms with Gasteiger partial charge in [-0.05, 0) is 24.6 Å². The largest absolute Gasteiger partial charge is 0.493 e. The summed E-state index contributed by atoms with van der Waals surface area (Å²) in [4.78, 5) is 0. The Morgan fingerprint density at radius 1 is 1.24 bits per heavy atom. The van der Waals surface area contributed by atoms with Crippen molar-refractivity contribution in [2.45, 2.75) is 25.9 Å². The molecule has 1 unspecified atom stereocenters. The summed E-state index contributed by atoms with van der Waals surface area (Å²) in [6, 6.07) is 6.11. The van der Waals surface area contributed by atoms with Gasteiger partial charge in [0.25, 0.3) is 0 Å². The Morgan fingerprint density at radius 2 is 2.05 bits per heavy atom. The minimum atomic E-state index is 0.278. The molecule has 0 aliphatic carbocycles. The van der Waals surface area contributed by atoms with Crippen molar-refractivity contribution in [1.82, 2.24) is 20.1 Å². The van der Waals surface area contributed by atoms with Gasteiger partial charge >= 0.3 is 0 Å². The first-order chi connectivity index (χ1) is 10.3. The molecular weight excluding hydrogens is 268 g/mol. The zero-order chi connectivity index (χ0) is 14.8. The Kier molecular flexibility index (Phi) is 3.79. The molecule has 1 aromatic heterocycles. The molecule has 1 aromatic carbocycles. The van der Waals surface area contributed by atoms with Crippen molar-refractivity contribution in [3.05, 3.63) is 24.0 Å². The van der Waals surface area contributed by atoms with E-state index in [1.807, 2.05) is 18.2 Å². The second-order valence-electron chi connectivity index (χ2n) is 5.02. The van der Waals surface area contributed by atoms with E-state index in [1.165, 1.54) is 0 Å². The van der Waals surface area contributed by atoms with Crippen molar-refractivity contribution in [3.8, 4) is 22.9 Å². The predicted molar refractivity (Wildman–Crippen MR) is 79.6 cm³/mol. The Labute approximate surface area is 124 Å². The molecule has 0 bridgehead atoms. The average Bonchev–Trinajstić information content (AvgIpc) is 2.98. The summed E-state index contributed by atoms with van der Waals surface area (Å²) in [7, 11) is 3.27. The van der Waals surface area contributed by atoms with Crippen LogP contribution in [-0.2, 0) is 6.54 Å². The van der Waals surface area contributed by atoms with E-state index in [2.05, 4.69) is 27.0 Å². The molecule has 6 nitrogen and oxygen atoms in total. The van der Waals surface area contributed by atoms with Crippen molar-refractivity contribution < 1.29 is 9.47 Å². The fourth-order valence-electron chi connectivity index (χ4n) is 2.75. The highest BCUT2D eigenvalue weighted by atomic mass is 16.5. The van der Waals surface area contributed by atoms with Gasteiger partial charge in [0.2, 0.25) is 0 Å². The van der Waals surface area contributed by atoms with Crippen molar-refractivity contribution >= 4 is 0 Å².